The van der Waals surface area contributed by atoms with Crippen molar-refractivity contribution < 1.29 is 9.59 Å². The maximum atomic E-state index is 12.2. The number of carbonyl (C=O) groups excluding carboxylic acids is 2. The van der Waals surface area contributed by atoms with E-state index in [0.717, 1.165) is 47.1 Å². The molecule has 4 aromatic rings. The summed E-state index contributed by atoms with van der Waals surface area (Å²) in [6.07, 6.45) is 7.64. The fourth-order valence-corrected chi connectivity index (χ4v) is 5.88. The van der Waals surface area contributed by atoms with Crippen LogP contribution < -0.4 is 10.6 Å². The summed E-state index contributed by atoms with van der Waals surface area (Å²) in [6.45, 7) is 0. The number of amides is 2. The lowest BCUT2D eigenvalue weighted by atomic mass is 9.72. The first-order valence-corrected chi connectivity index (χ1v) is 13.3. The van der Waals surface area contributed by atoms with E-state index in [4.69, 9.17) is 0 Å². The summed E-state index contributed by atoms with van der Waals surface area (Å²) >= 11 is 2.85. The number of hydrogen-bond donors (Lipinski definition) is 2. The summed E-state index contributed by atoms with van der Waals surface area (Å²) < 4.78 is 0. The van der Waals surface area contributed by atoms with Crippen molar-refractivity contribution in [3.8, 4) is 0 Å². The number of pyridine rings is 2. The Morgan fingerprint density at radius 1 is 0.722 bits per heavy atom. The first-order chi connectivity index (χ1) is 17.6. The number of nitrogens with one attached hydrogen (secondary N) is 2. The highest BCUT2D eigenvalue weighted by Crippen LogP contribution is 2.39. The summed E-state index contributed by atoms with van der Waals surface area (Å²) in [5.41, 5.74) is 1.43. The molecule has 2 amide bonds. The van der Waals surface area contributed by atoms with E-state index >= 15 is 0 Å². The molecule has 0 aromatic carbocycles. The fourth-order valence-electron chi connectivity index (χ4n) is 4.14. The Hall–Kier alpha value is -3.64. The van der Waals surface area contributed by atoms with Gasteiger partial charge < -0.3 is 10.6 Å². The van der Waals surface area contributed by atoms with Crippen molar-refractivity contribution in [2.75, 3.05) is 10.6 Å². The van der Waals surface area contributed by atoms with Crippen LogP contribution in [0, 0.1) is 11.8 Å². The molecule has 12 heteroatoms. The van der Waals surface area contributed by atoms with Crippen molar-refractivity contribution in [1.29, 1.82) is 0 Å². The molecule has 1 saturated carbocycles. The van der Waals surface area contributed by atoms with E-state index in [1.807, 2.05) is 36.4 Å². The van der Waals surface area contributed by atoms with Crippen LogP contribution in [0.25, 0.3) is 0 Å². The first kappa shape index (κ1) is 24.1. The Bertz CT molecular complexity index is 1210. The van der Waals surface area contributed by atoms with E-state index in [2.05, 4.69) is 41.0 Å². The molecule has 0 bridgehead atoms. The number of hydrogen-bond acceptors (Lipinski definition) is 10. The molecule has 1 aliphatic rings. The summed E-state index contributed by atoms with van der Waals surface area (Å²) in [4.78, 5) is 32.7. The van der Waals surface area contributed by atoms with Gasteiger partial charge in [0, 0.05) is 36.6 Å². The molecule has 2 N–H and O–H groups in total. The van der Waals surface area contributed by atoms with Crippen LogP contribution in [0.4, 0.5) is 10.3 Å². The first-order valence-electron chi connectivity index (χ1n) is 11.6. The molecule has 10 nitrogen and oxygen atoms in total. The largest absolute Gasteiger partial charge is 0.300 e. The van der Waals surface area contributed by atoms with Crippen LogP contribution in [0.2, 0.25) is 0 Å². The molecule has 0 saturated heterocycles. The summed E-state index contributed by atoms with van der Waals surface area (Å²) in [6, 6.07) is 11.0. The van der Waals surface area contributed by atoms with Gasteiger partial charge in [-0.15, -0.1) is 20.4 Å². The number of rotatable bonds is 10. The van der Waals surface area contributed by atoms with Crippen LogP contribution in [0.1, 0.15) is 34.2 Å². The quantitative estimate of drug-likeness (QED) is 0.325. The third-order valence-corrected chi connectivity index (χ3v) is 7.54. The standard InChI is InChI=1S/C24H24N8O2S2/c33-19(13-17-5-1-3-7-25-17)27-23-31-29-21(35-23)11-15-9-16(10-15)12-22-30-32-24(36-22)28-20(34)14-18-6-2-4-8-26-18/h1-8,15-16H,9-14H2,(H,27,31,33)(H,28,32,34). The number of nitrogens with zero attached hydrogens (tertiary/aromatic N) is 6. The molecular weight excluding hydrogens is 496 g/mol. The lowest BCUT2D eigenvalue weighted by molar-refractivity contribution is -0.116. The highest BCUT2D eigenvalue weighted by Gasteiger charge is 2.31. The van der Waals surface area contributed by atoms with Crippen LogP contribution >= 0.6 is 22.7 Å². The van der Waals surface area contributed by atoms with E-state index in [-0.39, 0.29) is 24.7 Å². The summed E-state index contributed by atoms with van der Waals surface area (Å²) in [5, 5.41) is 25.2. The van der Waals surface area contributed by atoms with Crippen molar-refractivity contribution in [2.45, 2.75) is 38.5 Å². The van der Waals surface area contributed by atoms with E-state index in [0.29, 0.717) is 22.1 Å². The van der Waals surface area contributed by atoms with Gasteiger partial charge in [-0.05, 0) is 48.9 Å². The van der Waals surface area contributed by atoms with E-state index in [1.54, 1.807) is 12.4 Å². The predicted octanol–water partition coefficient (Wildman–Crippen LogP) is 3.35. The van der Waals surface area contributed by atoms with Crippen molar-refractivity contribution in [1.82, 2.24) is 30.4 Å². The van der Waals surface area contributed by atoms with Gasteiger partial charge in [-0.2, -0.15) is 0 Å². The van der Waals surface area contributed by atoms with Gasteiger partial charge in [0.05, 0.1) is 12.8 Å². The van der Waals surface area contributed by atoms with Crippen molar-refractivity contribution in [3.05, 3.63) is 70.2 Å². The molecule has 0 atom stereocenters. The third-order valence-electron chi connectivity index (χ3n) is 5.82. The highest BCUT2D eigenvalue weighted by atomic mass is 32.1. The monoisotopic (exact) mass is 520 g/mol. The second kappa shape index (κ2) is 11.4. The molecule has 4 heterocycles. The zero-order valence-electron chi connectivity index (χ0n) is 19.3. The predicted molar refractivity (Wildman–Crippen MR) is 137 cm³/mol. The van der Waals surface area contributed by atoms with Crippen molar-refractivity contribution in [3.63, 3.8) is 0 Å². The van der Waals surface area contributed by atoms with Gasteiger partial charge in [0.2, 0.25) is 22.1 Å². The summed E-state index contributed by atoms with van der Waals surface area (Å²) in [7, 11) is 0. The molecule has 5 rings (SSSR count). The van der Waals surface area contributed by atoms with Crippen LogP contribution in [-0.4, -0.2) is 42.2 Å². The minimum Gasteiger partial charge on any atom is -0.300 e. The summed E-state index contributed by atoms with van der Waals surface area (Å²) in [5.74, 6) is 0.796. The Balaban J connectivity index is 1.02. The van der Waals surface area contributed by atoms with Gasteiger partial charge in [-0.3, -0.25) is 19.6 Å². The zero-order valence-corrected chi connectivity index (χ0v) is 21.0. The Labute approximate surface area is 215 Å². The topological polar surface area (TPSA) is 136 Å². The normalized spacial score (nSPS) is 16.8. The SMILES string of the molecule is O=C(Cc1ccccn1)Nc1nnc(CC2CC(Cc3nnc(NC(=O)Cc4ccccn4)s3)C2)s1. The van der Waals surface area contributed by atoms with Gasteiger partial charge >= 0.3 is 0 Å². The third kappa shape index (κ3) is 6.73. The van der Waals surface area contributed by atoms with Crippen LogP contribution in [0.15, 0.2) is 48.8 Å². The number of carbonyl (C=O) groups is 2. The second-order valence-corrected chi connectivity index (χ2v) is 10.8. The molecule has 1 aliphatic carbocycles. The molecule has 0 radical (unpaired) electrons. The molecule has 0 spiro atoms. The maximum Gasteiger partial charge on any atom is 0.232 e. The van der Waals surface area contributed by atoms with Gasteiger partial charge in [0.15, 0.2) is 0 Å². The zero-order chi connectivity index (χ0) is 24.7. The van der Waals surface area contributed by atoms with Crippen molar-refractivity contribution in [2.24, 2.45) is 11.8 Å². The lowest BCUT2D eigenvalue weighted by Gasteiger charge is -2.34. The molecule has 184 valence electrons. The lowest BCUT2D eigenvalue weighted by Crippen LogP contribution is -2.27. The number of aromatic nitrogens is 6. The Morgan fingerprint density at radius 2 is 1.19 bits per heavy atom. The van der Waals surface area contributed by atoms with E-state index < -0.39 is 0 Å². The van der Waals surface area contributed by atoms with Gasteiger partial charge in [0.25, 0.3) is 0 Å². The maximum absolute atomic E-state index is 12.2. The molecule has 0 unspecified atom stereocenters. The smallest absolute Gasteiger partial charge is 0.232 e. The Morgan fingerprint density at radius 3 is 1.61 bits per heavy atom. The fraction of sp³-hybridized carbons (Fsp3) is 0.333. The van der Waals surface area contributed by atoms with Gasteiger partial charge in [-0.25, -0.2) is 0 Å². The van der Waals surface area contributed by atoms with Gasteiger partial charge in [-0.1, -0.05) is 34.8 Å². The Kier molecular flexibility index (Phi) is 7.62. The van der Waals surface area contributed by atoms with Crippen molar-refractivity contribution >= 4 is 44.8 Å². The highest BCUT2D eigenvalue weighted by molar-refractivity contribution is 7.15. The second-order valence-electron chi connectivity index (χ2n) is 8.71. The molecule has 1 fully saturated rings. The van der Waals surface area contributed by atoms with Crippen LogP contribution in [0.3, 0.4) is 0 Å². The van der Waals surface area contributed by atoms with Crippen LogP contribution in [-0.2, 0) is 35.3 Å². The minimum absolute atomic E-state index is 0.149. The molecule has 0 aliphatic heterocycles. The number of anilines is 2. The minimum atomic E-state index is -0.149. The van der Waals surface area contributed by atoms with Gasteiger partial charge in [0.1, 0.15) is 10.0 Å². The molecule has 4 aromatic heterocycles. The molecular formula is C24H24N8O2S2. The van der Waals surface area contributed by atoms with Crippen LogP contribution in [0.5, 0.6) is 0 Å². The van der Waals surface area contributed by atoms with E-state index in [1.165, 1.54) is 22.7 Å². The average Bonchev–Trinajstić information content (AvgIpc) is 3.48. The molecule has 36 heavy (non-hydrogen) atoms. The average molecular weight is 521 g/mol. The van der Waals surface area contributed by atoms with E-state index in [9.17, 15) is 9.59 Å².